The van der Waals surface area contributed by atoms with Crippen LogP contribution < -0.4 is 10.2 Å². The standard InChI is InChI=1S/C32H40N4O2/c1-23(2)21-35(22-24(3)4)19-8-7-10-25-14-16-26(17-15-25)20-30(37)36-29-13-6-5-11-27(29)32(38)34-28-12-9-18-33-31(28)36/h5-6,9,11-18,23-24H,7-8,10,19-22H2,1-4H3,(H,34,38). The second-order valence-electron chi connectivity index (χ2n) is 11.1. The van der Waals surface area contributed by atoms with E-state index >= 15 is 0 Å². The molecule has 6 nitrogen and oxygen atoms in total. The van der Waals surface area contributed by atoms with Crippen LogP contribution in [0.3, 0.4) is 0 Å². The number of nitrogens with one attached hydrogen (secondary N) is 1. The van der Waals surface area contributed by atoms with E-state index in [9.17, 15) is 9.59 Å². The fourth-order valence-corrected chi connectivity index (χ4v) is 5.12. The van der Waals surface area contributed by atoms with Gasteiger partial charge in [0.2, 0.25) is 5.91 Å². The Kier molecular flexibility index (Phi) is 9.29. The van der Waals surface area contributed by atoms with Gasteiger partial charge in [-0.3, -0.25) is 14.5 Å². The molecule has 200 valence electrons. The third-order valence-electron chi connectivity index (χ3n) is 6.70. The fraction of sp³-hybridized carbons (Fsp3) is 0.406. The maximum Gasteiger partial charge on any atom is 0.257 e. The number of amides is 2. The molecule has 0 radical (unpaired) electrons. The number of aromatic nitrogens is 1. The molecule has 0 unspecified atom stereocenters. The number of hydrogen-bond donors (Lipinski definition) is 1. The number of anilines is 3. The van der Waals surface area contributed by atoms with Gasteiger partial charge in [0.1, 0.15) is 0 Å². The summed E-state index contributed by atoms with van der Waals surface area (Å²) in [5.41, 5.74) is 3.76. The molecule has 1 aliphatic rings. The first-order chi connectivity index (χ1) is 18.3. The van der Waals surface area contributed by atoms with Gasteiger partial charge in [0, 0.05) is 19.3 Å². The lowest BCUT2D eigenvalue weighted by atomic mass is 10.0. The van der Waals surface area contributed by atoms with Crippen LogP contribution in [0.1, 0.15) is 62.0 Å². The number of unbranched alkanes of at least 4 members (excludes halogenated alkanes) is 1. The lowest BCUT2D eigenvalue weighted by molar-refractivity contribution is -0.117. The maximum absolute atomic E-state index is 13.6. The highest BCUT2D eigenvalue weighted by Crippen LogP contribution is 2.36. The van der Waals surface area contributed by atoms with Crippen LogP contribution in [0.4, 0.5) is 17.2 Å². The van der Waals surface area contributed by atoms with Gasteiger partial charge < -0.3 is 10.2 Å². The van der Waals surface area contributed by atoms with Gasteiger partial charge in [-0.15, -0.1) is 0 Å². The van der Waals surface area contributed by atoms with Crippen molar-refractivity contribution >= 4 is 29.0 Å². The number of benzene rings is 2. The average Bonchev–Trinajstić information content (AvgIpc) is 3.00. The van der Waals surface area contributed by atoms with E-state index in [-0.39, 0.29) is 18.2 Å². The zero-order valence-electron chi connectivity index (χ0n) is 23.1. The molecule has 2 heterocycles. The first-order valence-corrected chi connectivity index (χ1v) is 13.8. The molecule has 1 N–H and O–H groups in total. The molecular weight excluding hydrogens is 472 g/mol. The van der Waals surface area contributed by atoms with Crippen LogP contribution in [0.15, 0.2) is 66.9 Å². The second-order valence-corrected chi connectivity index (χ2v) is 11.1. The summed E-state index contributed by atoms with van der Waals surface area (Å²) in [5, 5.41) is 2.89. The van der Waals surface area contributed by atoms with Crippen LogP contribution >= 0.6 is 0 Å². The highest BCUT2D eigenvalue weighted by molar-refractivity contribution is 6.17. The summed E-state index contributed by atoms with van der Waals surface area (Å²) in [6, 6.07) is 19.0. The number of pyridine rings is 1. The zero-order valence-corrected chi connectivity index (χ0v) is 23.1. The SMILES string of the molecule is CC(C)CN(CCCCc1ccc(CC(=O)N2c3ccccc3C(=O)Nc3cccnc32)cc1)CC(C)C. The summed E-state index contributed by atoms with van der Waals surface area (Å²) in [6.07, 6.45) is 5.24. The smallest absolute Gasteiger partial charge is 0.257 e. The van der Waals surface area contributed by atoms with Gasteiger partial charge >= 0.3 is 0 Å². The third-order valence-corrected chi connectivity index (χ3v) is 6.70. The van der Waals surface area contributed by atoms with Crippen molar-refractivity contribution in [3.05, 3.63) is 83.6 Å². The number of rotatable bonds is 11. The van der Waals surface area contributed by atoms with Gasteiger partial charge in [-0.1, -0.05) is 64.1 Å². The van der Waals surface area contributed by atoms with Crippen LogP contribution in [0.25, 0.3) is 0 Å². The largest absolute Gasteiger partial charge is 0.319 e. The minimum atomic E-state index is -0.244. The maximum atomic E-state index is 13.6. The molecule has 0 spiro atoms. The first kappa shape index (κ1) is 27.5. The normalized spacial score (nSPS) is 12.9. The Morgan fingerprint density at radius 1 is 0.895 bits per heavy atom. The van der Waals surface area contributed by atoms with Gasteiger partial charge in [0.15, 0.2) is 5.82 Å². The van der Waals surface area contributed by atoms with E-state index in [0.717, 1.165) is 38.0 Å². The van der Waals surface area contributed by atoms with E-state index in [1.807, 2.05) is 18.2 Å². The van der Waals surface area contributed by atoms with Gasteiger partial charge in [0.05, 0.1) is 23.4 Å². The van der Waals surface area contributed by atoms with Crippen molar-refractivity contribution in [3.8, 4) is 0 Å². The lowest BCUT2D eigenvalue weighted by Gasteiger charge is -2.26. The Balaban J connectivity index is 1.39. The molecule has 1 aliphatic heterocycles. The lowest BCUT2D eigenvalue weighted by Crippen LogP contribution is -2.32. The monoisotopic (exact) mass is 512 g/mol. The molecule has 0 atom stereocenters. The average molecular weight is 513 g/mol. The molecule has 1 aromatic heterocycles. The predicted molar refractivity (Wildman–Crippen MR) is 155 cm³/mol. The highest BCUT2D eigenvalue weighted by Gasteiger charge is 2.30. The van der Waals surface area contributed by atoms with Crippen molar-refractivity contribution in [1.29, 1.82) is 0 Å². The van der Waals surface area contributed by atoms with Crippen molar-refractivity contribution in [1.82, 2.24) is 9.88 Å². The van der Waals surface area contributed by atoms with Crippen molar-refractivity contribution in [2.75, 3.05) is 29.9 Å². The minimum absolute atomic E-state index is 0.128. The van der Waals surface area contributed by atoms with E-state index in [1.54, 1.807) is 41.4 Å². The topological polar surface area (TPSA) is 65.5 Å². The number of fused-ring (bicyclic) bond motifs is 2. The number of nitrogens with zero attached hydrogens (tertiary/aromatic N) is 3. The predicted octanol–water partition coefficient (Wildman–Crippen LogP) is 6.49. The molecule has 3 aromatic rings. The quantitative estimate of drug-likeness (QED) is 0.298. The summed E-state index contributed by atoms with van der Waals surface area (Å²) >= 11 is 0. The van der Waals surface area contributed by atoms with Crippen LogP contribution in [0.5, 0.6) is 0 Å². The van der Waals surface area contributed by atoms with E-state index in [2.05, 4.69) is 55.0 Å². The van der Waals surface area contributed by atoms with E-state index in [0.29, 0.717) is 34.6 Å². The molecule has 4 rings (SSSR count). The molecule has 0 saturated heterocycles. The molecule has 2 amide bonds. The Bertz CT molecular complexity index is 1230. The summed E-state index contributed by atoms with van der Waals surface area (Å²) in [5.74, 6) is 1.44. The summed E-state index contributed by atoms with van der Waals surface area (Å²) < 4.78 is 0. The number of carbonyl (C=O) groups excluding carboxylic acids is 2. The van der Waals surface area contributed by atoms with Crippen LogP contribution in [0.2, 0.25) is 0 Å². The minimum Gasteiger partial charge on any atom is -0.319 e. The summed E-state index contributed by atoms with van der Waals surface area (Å²) in [7, 11) is 0. The van der Waals surface area contributed by atoms with Gasteiger partial charge in [-0.25, -0.2) is 4.98 Å². The molecule has 0 aliphatic carbocycles. The number of carbonyl (C=O) groups is 2. The van der Waals surface area contributed by atoms with Crippen molar-refractivity contribution in [2.24, 2.45) is 11.8 Å². The molecule has 2 aromatic carbocycles. The molecule has 0 bridgehead atoms. The fourth-order valence-electron chi connectivity index (χ4n) is 5.12. The number of aryl methyl sites for hydroxylation is 1. The number of para-hydroxylation sites is 1. The Morgan fingerprint density at radius 2 is 1.58 bits per heavy atom. The van der Waals surface area contributed by atoms with Crippen molar-refractivity contribution in [3.63, 3.8) is 0 Å². The summed E-state index contributed by atoms with van der Waals surface area (Å²) in [6.45, 7) is 12.6. The second kappa shape index (κ2) is 12.8. The Morgan fingerprint density at radius 3 is 2.29 bits per heavy atom. The zero-order chi connectivity index (χ0) is 27.1. The molecule has 6 heteroatoms. The molecule has 0 fully saturated rings. The van der Waals surface area contributed by atoms with E-state index in [4.69, 9.17) is 0 Å². The van der Waals surface area contributed by atoms with Gasteiger partial charge in [0.25, 0.3) is 5.91 Å². The van der Waals surface area contributed by atoms with Crippen molar-refractivity contribution < 1.29 is 9.59 Å². The molecule has 0 saturated carbocycles. The first-order valence-electron chi connectivity index (χ1n) is 13.8. The van der Waals surface area contributed by atoms with Crippen LogP contribution in [-0.4, -0.2) is 41.3 Å². The number of hydrogen-bond acceptors (Lipinski definition) is 4. The Labute approximate surface area is 227 Å². The van der Waals surface area contributed by atoms with E-state index in [1.165, 1.54) is 12.0 Å². The van der Waals surface area contributed by atoms with E-state index < -0.39 is 0 Å². The molecular formula is C32H40N4O2. The van der Waals surface area contributed by atoms with Crippen LogP contribution in [0, 0.1) is 11.8 Å². The van der Waals surface area contributed by atoms with Gasteiger partial charge in [-0.05, 0) is 73.0 Å². The Hall–Kier alpha value is -3.51. The molecule has 38 heavy (non-hydrogen) atoms. The van der Waals surface area contributed by atoms with Crippen LogP contribution in [-0.2, 0) is 17.6 Å². The highest BCUT2D eigenvalue weighted by atomic mass is 16.2. The third kappa shape index (κ3) is 7.07. The van der Waals surface area contributed by atoms with Gasteiger partial charge in [-0.2, -0.15) is 0 Å². The summed E-state index contributed by atoms with van der Waals surface area (Å²) in [4.78, 5) is 35.0. The van der Waals surface area contributed by atoms with Crippen molar-refractivity contribution in [2.45, 2.75) is 53.4 Å².